The van der Waals surface area contributed by atoms with Gasteiger partial charge in [-0.15, -0.1) is 11.6 Å². The van der Waals surface area contributed by atoms with Crippen molar-refractivity contribution >= 4 is 34.1 Å². The highest BCUT2D eigenvalue weighted by molar-refractivity contribution is 6.35. The minimum Gasteiger partial charge on any atom is -0.453 e. The van der Waals surface area contributed by atoms with Crippen LogP contribution in [-0.4, -0.2) is 9.97 Å². The molecule has 0 aliphatic rings. The zero-order valence-corrected chi connectivity index (χ0v) is 11.9. The van der Waals surface area contributed by atoms with Gasteiger partial charge in [-0.3, -0.25) is 9.97 Å². The van der Waals surface area contributed by atoms with Crippen molar-refractivity contribution < 1.29 is 4.74 Å². The van der Waals surface area contributed by atoms with Crippen LogP contribution in [0.3, 0.4) is 0 Å². The van der Waals surface area contributed by atoms with E-state index >= 15 is 0 Å². The Morgan fingerprint density at radius 2 is 2.05 bits per heavy atom. The second kappa shape index (κ2) is 5.65. The van der Waals surface area contributed by atoms with Crippen LogP contribution >= 0.6 is 23.2 Å². The minimum atomic E-state index is 0.393. The summed E-state index contributed by atoms with van der Waals surface area (Å²) in [6.07, 6.45) is 5.05. The van der Waals surface area contributed by atoms with E-state index in [4.69, 9.17) is 27.9 Å². The Morgan fingerprint density at radius 1 is 1.15 bits per heavy atom. The Kier molecular flexibility index (Phi) is 3.72. The monoisotopic (exact) mass is 304 g/mol. The molecule has 0 fully saturated rings. The number of fused-ring (bicyclic) bond motifs is 1. The molecule has 2 aromatic heterocycles. The summed E-state index contributed by atoms with van der Waals surface area (Å²) >= 11 is 11.9. The Hall–Kier alpha value is -1.84. The first-order valence-electron chi connectivity index (χ1n) is 5.99. The second-order valence-corrected chi connectivity index (χ2v) is 4.88. The fourth-order valence-corrected chi connectivity index (χ4v) is 2.28. The molecule has 2 heterocycles. The van der Waals surface area contributed by atoms with Crippen LogP contribution in [0.1, 0.15) is 5.56 Å². The van der Waals surface area contributed by atoms with E-state index in [0.29, 0.717) is 22.4 Å². The van der Waals surface area contributed by atoms with Crippen molar-refractivity contribution in [1.29, 1.82) is 0 Å². The number of ether oxygens (including phenoxy) is 1. The highest BCUT2D eigenvalue weighted by Gasteiger charge is 2.08. The third kappa shape index (κ3) is 2.55. The minimum absolute atomic E-state index is 0.393. The lowest BCUT2D eigenvalue weighted by Crippen LogP contribution is -1.90. The first-order valence-corrected chi connectivity index (χ1v) is 6.90. The summed E-state index contributed by atoms with van der Waals surface area (Å²) in [7, 11) is 0. The molecule has 0 saturated heterocycles. The van der Waals surface area contributed by atoms with Gasteiger partial charge in [0.25, 0.3) is 0 Å². The molecule has 0 atom stereocenters. The number of rotatable bonds is 3. The van der Waals surface area contributed by atoms with Gasteiger partial charge >= 0.3 is 0 Å². The van der Waals surface area contributed by atoms with Crippen LogP contribution in [0, 0.1) is 0 Å². The molecule has 5 heteroatoms. The van der Waals surface area contributed by atoms with Crippen molar-refractivity contribution in [2.45, 2.75) is 5.88 Å². The van der Waals surface area contributed by atoms with Crippen molar-refractivity contribution in [2.24, 2.45) is 0 Å². The van der Waals surface area contributed by atoms with Crippen LogP contribution in [0.25, 0.3) is 10.9 Å². The molecule has 3 rings (SSSR count). The van der Waals surface area contributed by atoms with Gasteiger partial charge in [0.05, 0.1) is 11.2 Å². The molecule has 0 unspecified atom stereocenters. The SMILES string of the molecule is ClCc1cncc(Oc2ccc(Cl)c3cccnc23)c1. The molecule has 3 aromatic rings. The number of nitrogens with zero attached hydrogens (tertiary/aromatic N) is 2. The second-order valence-electron chi connectivity index (χ2n) is 4.21. The van der Waals surface area contributed by atoms with Crippen molar-refractivity contribution in [2.75, 3.05) is 0 Å². The molecule has 0 amide bonds. The molecule has 3 nitrogen and oxygen atoms in total. The van der Waals surface area contributed by atoms with Crippen molar-refractivity contribution in [1.82, 2.24) is 9.97 Å². The van der Waals surface area contributed by atoms with Gasteiger partial charge in [0.15, 0.2) is 5.75 Å². The summed E-state index contributed by atoms with van der Waals surface area (Å²) in [5.74, 6) is 1.65. The van der Waals surface area contributed by atoms with Crippen LogP contribution in [0.5, 0.6) is 11.5 Å². The van der Waals surface area contributed by atoms with Gasteiger partial charge in [-0.25, -0.2) is 0 Å². The number of alkyl halides is 1. The van der Waals surface area contributed by atoms with E-state index in [-0.39, 0.29) is 0 Å². The van der Waals surface area contributed by atoms with E-state index in [9.17, 15) is 0 Å². The number of hydrogen-bond donors (Lipinski definition) is 0. The Balaban J connectivity index is 2.04. The average molecular weight is 305 g/mol. The van der Waals surface area contributed by atoms with Crippen LogP contribution < -0.4 is 4.74 Å². The standard InChI is InChI=1S/C15H10Cl2N2O/c16-7-10-6-11(9-18-8-10)20-14-4-3-13(17)12-2-1-5-19-15(12)14/h1-6,8-9H,7H2. The molecule has 0 saturated carbocycles. The highest BCUT2D eigenvalue weighted by Crippen LogP contribution is 2.32. The molecule has 100 valence electrons. The molecule has 0 aliphatic heterocycles. The summed E-state index contributed by atoms with van der Waals surface area (Å²) in [6.45, 7) is 0. The summed E-state index contributed by atoms with van der Waals surface area (Å²) in [4.78, 5) is 8.42. The lowest BCUT2D eigenvalue weighted by molar-refractivity contribution is 0.484. The molecular formula is C15H10Cl2N2O. The number of halogens is 2. The van der Waals surface area contributed by atoms with E-state index in [2.05, 4.69) is 9.97 Å². The maximum Gasteiger partial charge on any atom is 0.153 e. The molecular weight excluding hydrogens is 295 g/mol. The van der Waals surface area contributed by atoms with Crippen molar-refractivity contribution in [3.63, 3.8) is 0 Å². The number of benzene rings is 1. The van der Waals surface area contributed by atoms with E-state index in [0.717, 1.165) is 16.5 Å². The lowest BCUT2D eigenvalue weighted by Gasteiger charge is -2.09. The molecule has 20 heavy (non-hydrogen) atoms. The maximum atomic E-state index is 6.15. The van der Waals surface area contributed by atoms with Crippen LogP contribution in [0.2, 0.25) is 5.02 Å². The van der Waals surface area contributed by atoms with Gasteiger partial charge < -0.3 is 4.74 Å². The first kappa shape index (κ1) is 13.2. The quantitative estimate of drug-likeness (QED) is 0.651. The fraction of sp³-hybridized carbons (Fsp3) is 0.0667. The molecule has 1 aromatic carbocycles. The van der Waals surface area contributed by atoms with Gasteiger partial charge in [0.2, 0.25) is 0 Å². The van der Waals surface area contributed by atoms with Gasteiger partial charge in [-0.2, -0.15) is 0 Å². The number of aromatic nitrogens is 2. The van der Waals surface area contributed by atoms with Crippen LogP contribution in [0.15, 0.2) is 48.9 Å². The molecule has 0 spiro atoms. The van der Waals surface area contributed by atoms with Gasteiger partial charge in [-0.1, -0.05) is 11.6 Å². The topological polar surface area (TPSA) is 35.0 Å². The summed E-state index contributed by atoms with van der Waals surface area (Å²) in [6, 6.07) is 9.19. The van der Waals surface area contributed by atoms with Gasteiger partial charge in [-0.05, 0) is 35.9 Å². The van der Waals surface area contributed by atoms with E-state index in [1.807, 2.05) is 18.2 Å². The lowest BCUT2D eigenvalue weighted by atomic mass is 10.2. The predicted octanol–water partition coefficient (Wildman–Crippen LogP) is 4.81. The fourth-order valence-electron chi connectivity index (χ4n) is 1.91. The van der Waals surface area contributed by atoms with E-state index in [1.54, 1.807) is 30.7 Å². The Bertz CT molecular complexity index is 762. The normalized spacial score (nSPS) is 10.7. The smallest absolute Gasteiger partial charge is 0.153 e. The van der Waals surface area contributed by atoms with Gasteiger partial charge in [0.1, 0.15) is 11.3 Å². The Labute approximate surface area is 126 Å². The Morgan fingerprint density at radius 3 is 2.90 bits per heavy atom. The zero-order valence-electron chi connectivity index (χ0n) is 10.4. The number of pyridine rings is 2. The molecule has 0 aliphatic carbocycles. The zero-order chi connectivity index (χ0) is 13.9. The summed E-state index contributed by atoms with van der Waals surface area (Å²) < 4.78 is 5.85. The van der Waals surface area contributed by atoms with Crippen LogP contribution in [0.4, 0.5) is 0 Å². The summed E-state index contributed by atoms with van der Waals surface area (Å²) in [5.41, 5.74) is 1.62. The third-order valence-electron chi connectivity index (χ3n) is 2.83. The van der Waals surface area contributed by atoms with Crippen LogP contribution in [-0.2, 0) is 5.88 Å². The van der Waals surface area contributed by atoms with Gasteiger partial charge in [0, 0.05) is 23.7 Å². The van der Waals surface area contributed by atoms with E-state index in [1.165, 1.54) is 0 Å². The highest BCUT2D eigenvalue weighted by atomic mass is 35.5. The predicted molar refractivity (Wildman–Crippen MR) is 80.6 cm³/mol. The maximum absolute atomic E-state index is 6.15. The molecule has 0 radical (unpaired) electrons. The molecule has 0 N–H and O–H groups in total. The van der Waals surface area contributed by atoms with Crippen molar-refractivity contribution in [3.05, 3.63) is 59.5 Å². The largest absolute Gasteiger partial charge is 0.453 e. The first-order chi connectivity index (χ1) is 9.78. The van der Waals surface area contributed by atoms with E-state index < -0.39 is 0 Å². The van der Waals surface area contributed by atoms with Crippen molar-refractivity contribution in [3.8, 4) is 11.5 Å². The molecule has 0 bridgehead atoms. The third-order valence-corrected chi connectivity index (χ3v) is 3.47. The average Bonchev–Trinajstić information content (AvgIpc) is 2.51. The number of hydrogen-bond acceptors (Lipinski definition) is 3. The summed E-state index contributed by atoms with van der Waals surface area (Å²) in [5, 5.41) is 1.50.